The van der Waals surface area contributed by atoms with Gasteiger partial charge in [-0.05, 0) is 91.8 Å². The van der Waals surface area contributed by atoms with Gasteiger partial charge in [0.05, 0.1) is 5.54 Å². The molecule has 3 fully saturated rings. The number of hydrogen-bond acceptors (Lipinski definition) is 6. The van der Waals surface area contributed by atoms with Crippen molar-refractivity contribution in [2.75, 3.05) is 11.9 Å². The zero-order valence-corrected chi connectivity index (χ0v) is 22.1. The number of halogens is 1. The maximum atomic E-state index is 13.9. The largest absolute Gasteiger partial charge is 0.427 e. The number of nitrogens with one attached hydrogen (secondary N) is 1. The minimum Gasteiger partial charge on any atom is -0.427 e. The third-order valence-electron chi connectivity index (χ3n) is 9.26. The number of aryl methyl sites for hydroxylation is 2. The molecule has 4 amide bonds. The minimum atomic E-state index is -1.47. The van der Waals surface area contributed by atoms with E-state index in [1.807, 2.05) is 0 Å². The predicted molar refractivity (Wildman–Crippen MR) is 141 cm³/mol. The molecule has 2 aromatic rings. The van der Waals surface area contributed by atoms with Gasteiger partial charge in [-0.1, -0.05) is 12.1 Å². The van der Waals surface area contributed by atoms with Crippen LogP contribution in [0.4, 0.5) is 14.9 Å². The van der Waals surface area contributed by atoms with Crippen LogP contribution in [0.15, 0.2) is 36.4 Å². The van der Waals surface area contributed by atoms with E-state index in [-0.39, 0.29) is 30.1 Å². The van der Waals surface area contributed by atoms with E-state index < -0.39 is 29.7 Å². The van der Waals surface area contributed by atoms with Crippen LogP contribution < -0.4 is 11.1 Å². The zero-order valence-electron chi connectivity index (χ0n) is 22.1. The number of carbonyl (C=O) groups excluding carboxylic acids is 4. The van der Waals surface area contributed by atoms with E-state index in [9.17, 15) is 23.6 Å². The Labute approximate surface area is 230 Å². The lowest BCUT2D eigenvalue weighted by Crippen LogP contribution is -2.48. The van der Waals surface area contributed by atoms with Crippen LogP contribution in [-0.2, 0) is 44.1 Å². The van der Waals surface area contributed by atoms with Gasteiger partial charge in [0.15, 0.2) is 0 Å². The quantitative estimate of drug-likeness (QED) is 0.594. The molecule has 0 radical (unpaired) electrons. The van der Waals surface area contributed by atoms with Crippen molar-refractivity contribution in [3.8, 4) is 0 Å². The molecule has 0 unspecified atom stereocenters. The van der Waals surface area contributed by atoms with Crippen LogP contribution in [0, 0.1) is 11.7 Å². The summed E-state index contributed by atoms with van der Waals surface area (Å²) in [6, 6.07) is 9.82. The summed E-state index contributed by atoms with van der Waals surface area (Å²) in [5.41, 5.74) is 7.45. The monoisotopic (exact) mass is 546 g/mol. The Balaban J connectivity index is 1.10. The van der Waals surface area contributed by atoms with Crippen LogP contribution in [0.1, 0.15) is 60.8 Å². The first-order valence-electron chi connectivity index (χ1n) is 14.0. The predicted octanol–water partition coefficient (Wildman–Crippen LogP) is 3.13. The molecule has 9 nitrogen and oxygen atoms in total. The summed E-state index contributed by atoms with van der Waals surface area (Å²) >= 11 is 0. The van der Waals surface area contributed by atoms with Crippen molar-refractivity contribution in [1.29, 1.82) is 0 Å². The Kier molecular flexibility index (Phi) is 5.58. The van der Waals surface area contributed by atoms with Crippen LogP contribution in [0.3, 0.4) is 0 Å². The summed E-state index contributed by atoms with van der Waals surface area (Å²) < 4.78 is 19.6. The Morgan fingerprint density at radius 1 is 1.00 bits per heavy atom. The second-order valence-electron chi connectivity index (χ2n) is 11.9. The minimum absolute atomic E-state index is 0.0187. The number of rotatable bonds is 5. The van der Waals surface area contributed by atoms with Gasteiger partial charge in [0.2, 0.25) is 17.4 Å². The topological polar surface area (TPSA) is 122 Å². The highest BCUT2D eigenvalue weighted by atomic mass is 19.1. The average Bonchev–Trinajstić information content (AvgIpc) is 3.85. The van der Waals surface area contributed by atoms with Gasteiger partial charge in [0.25, 0.3) is 5.91 Å². The third-order valence-corrected chi connectivity index (χ3v) is 9.26. The first kappa shape index (κ1) is 25.2. The Morgan fingerprint density at radius 3 is 2.55 bits per heavy atom. The number of amides is 4. The summed E-state index contributed by atoms with van der Waals surface area (Å²) in [5, 5.41) is 2.84. The fraction of sp³-hybridized carbons (Fsp3) is 0.467. The average molecular weight is 547 g/mol. The molecule has 2 aliphatic heterocycles. The van der Waals surface area contributed by atoms with E-state index in [4.69, 9.17) is 10.5 Å². The molecule has 2 atom stereocenters. The van der Waals surface area contributed by atoms with Gasteiger partial charge < -0.3 is 20.7 Å². The molecular weight excluding hydrogens is 515 g/mol. The van der Waals surface area contributed by atoms with Gasteiger partial charge in [-0.15, -0.1) is 0 Å². The molecule has 0 bridgehead atoms. The van der Waals surface area contributed by atoms with Crippen molar-refractivity contribution < 1.29 is 28.3 Å². The first-order chi connectivity index (χ1) is 19.2. The lowest BCUT2D eigenvalue weighted by atomic mass is 9.94. The van der Waals surface area contributed by atoms with Gasteiger partial charge in [-0.2, -0.15) is 0 Å². The first-order valence-corrected chi connectivity index (χ1v) is 14.0. The number of fused-ring (bicyclic) bond motifs is 3. The summed E-state index contributed by atoms with van der Waals surface area (Å²) in [6.45, 7) is -0.0829. The summed E-state index contributed by atoms with van der Waals surface area (Å²) in [6.07, 6.45) is 4.66. The highest BCUT2D eigenvalue weighted by Crippen LogP contribution is 2.46. The van der Waals surface area contributed by atoms with Crippen molar-refractivity contribution in [1.82, 2.24) is 9.80 Å². The third kappa shape index (κ3) is 4.08. The fourth-order valence-electron chi connectivity index (χ4n) is 6.56. The Morgan fingerprint density at radius 2 is 1.80 bits per heavy atom. The van der Waals surface area contributed by atoms with Crippen LogP contribution >= 0.6 is 0 Å². The number of imide groups is 1. The maximum Gasteiger partial charge on any atom is 0.418 e. The Hall–Kier alpha value is -3.79. The lowest BCUT2D eigenvalue weighted by Gasteiger charge is -2.31. The number of carbonyl (C=O) groups is 4. The molecule has 40 heavy (non-hydrogen) atoms. The zero-order chi connectivity index (χ0) is 27.8. The molecule has 7 rings (SSSR count). The van der Waals surface area contributed by atoms with Crippen molar-refractivity contribution in [2.24, 2.45) is 11.7 Å². The normalized spacial score (nSPS) is 26.3. The molecule has 2 heterocycles. The molecule has 0 aromatic heterocycles. The molecule has 10 heteroatoms. The fourth-order valence-corrected chi connectivity index (χ4v) is 6.56. The molecule has 3 N–H and O–H groups in total. The standard InChI is InChI=1S/C30H31FN4O5/c31-21-5-3-20-15-34(24(17-1-2-17)8-4-18(20)13-21)25(36)16-35-27(38)30(40-28(35)39)10-9-19-14-22(6-7-23(19)30)33-26(37)29(32)11-12-29/h3,5-7,13-14,17,24H,1-2,4,8-12,15-16,32H2,(H,33,37)/t24-,30-/m1/s1. The summed E-state index contributed by atoms with van der Waals surface area (Å²) in [7, 11) is 0. The number of hydrogen-bond donors (Lipinski definition) is 2. The number of nitrogens with zero attached hydrogens (tertiary/aromatic N) is 2. The second-order valence-corrected chi connectivity index (χ2v) is 11.9. The molecule has 5 aliphatic rings. The van der Waals surface area contributed by atoms with Crippen LogP contribution in [-0.4, -0.2) is 51.7 Å². The van der Waals surface area contributed by atoms with Gasteiger partial charge in [0, 0.05) is 30.3 Å². The van der Waals surface area contributed by atoms with Gasteiger partial charge in [-0.25, -0.2) is 14.1 Å². The molecule has 208 valence electrons. The number of benzene rings is 2. The van der Waals surface area contributed by atoms with Crippen molar-refractivity contribution in [3.05, 3.63) is 64.5 Å². The molecule has 2 aromatic carbocycles. The van der Waals surface area contributed by atoms with Gasteiger partial charge in [-0.3, -0.25) is 14.4 Å². The number of nitrogens with two attached hydrogens (primary N) is 1. The second kappa shape index (κ2) is 8.86. The highest BCUT2D eigenvalue weighted by Gasteiger charge is 2.58. The SMILES string of the molecule is NC1(C(=O)Nc2ccc3c(c2)CC[C@@]32OC(=O)N(CC(=O)N3Cc4ccc(F)cc4CC[C@@H]3C3CC3)C2=O)CC1. The number of ether oxygens (including phenoxy) is 1. The smallest absolute Gasteiger partial charge is 0.418 e. The number of anilines is 1. The van der Waals surface area contributed by atoms with Crippen LogP contribution in [0.5, 0.6) is 0 Å². The molecule has 1 saturated heterocycles. The van der Waals surface area contributed by atoms with Crippen molar-refractivity contribution in [2.45, 2.75) is 75.1 Å². The van der Waals surface area contributed by atoms with E-state index in [0.29, 0.717) is 55.8 Å². The summed E-state index contributed by atoms with van der Waals surface area (Å²) in [4.78, 5) is 55.5. The van der Waals surface area contributed by atoms with Crippen molar-refractivity contribution >= 4 is 29.5 Å². The van der Waals surface area contributed by atoms with E-state index in [1.54, 1.807) is 29.2 Å². The highest BCUT2D eigenvalue weighted by molar-refractivity contribution is 6.06. The van der Waals surface area contributed by atoms with E-state index in [1.165, 1.54) is 12.1 Å². The van der Waals surface area contributed by atoms with Crippen molar-refractivity contribution in [3.63, 3.8) is 0 Å². The van der Waals surface area contributed by atoms with Crippen LogP contribution in [0.2, 0.25) is 0 Å². The molecular formula is C30H31FN4O5. The Bertz CT molecular complexity index is 1470. The van der Waals surface area contributed by atoms with Crippen LogP contribution in [0.25, 0.3) is 0 Å². The molecule has 2 saturated carbocycles. The van der Waals surface area contributed by atoms with E-state index >= 15 is 0 Å². The lowest BCUT2D eigenvalue weighted by molar-refractivity contribution is -0.143. The van der Waals surface area contributed by atoms with E-state index in [0.717, 1.165) is 34.4 Å². The van der Waals surface area contributed by atoms with E-state index in [2.05, 4.69) is 5.32 Å². The maximum absolute atomic E-state index is 13.9. The molecule has 3 aliphatic carbocycles. The van der Waals surface area contributed by atoms with Gasteiger partial charge in [0.1, 0.15) is 12.4 Å². The summed E-state index contributed by atoms with van der Waals surface area (Å²) in [5.74, 6) is -1.01. The van der Waals surface area contributed by atoms with Gasteiger partial charge >= 0.3 is 6.09 Å². The molecule has 1 spiro atoms.